The number of aliphatic hydroxyl groups is 2. The molecule has 0 bridgehead atoms. The number of hydrogen-bond acceptors (Lipinski definition) is 2. The van der Waals surface area contributed by atoms with Crippen molar-refractivity contribution in [2.45, 2.75) is 32.8 Å². The summed E-state index contributed by atoms with van der Waals surface area (Å²) >= 11 is 0. The van der Waals surface area contributed by atoms with Crippen LogP contribution in [0.4, 0.5) is 0 Å². The topological polar surface area (TPSA) is 40.5 Å². The van der Waals surface area contributed by atoms with Crippen LogP contribution in [-0.2, 0) is 0 Å². The predicted octanol–water partition coefficient (Wildman–Crippen LogP) is 1.02. The maximum atomic E-state index is 9.65. The number of aliphatic hydroxyl groups excluding tert-OH is 2. The van der Waals surface area contributed by atoms with Gasteiger partial charge in [0.1, 0.15) is 0 Å². The minimum Gasteiger partial charge on any atom is -0.396 e. The molecule has 0 aromatic rings. The lowest BCUT2D eigenvalue weighted by Gasteiger charge is -2.21. The van der Waals surface area contributed by atoms with E-state index < -0.39 is 0 Å². The van der Waals surface area contributed by atoms with Gasteiger partial charge in [0.25, 0.3) is 0 Å². The standard InChI is InChI=1S/C9H18O2/c1-6-3-4-8(9(6)11)7(2)5-10/h6-11H,3-5H2,1-2H3. The molecule has 0 spiro atoms. The fourth-order valence-corrected chi connectivity index (χ4v) is 1.98. The monoisotopic (exact) mass is 158 g/mol. The lowest BCUT2D eigenvalue weighted by atomic mass is 9.90. The average molecular weight is 158 g/mol. The lowest BCUT2D eigenvalue weighted by molar-refractivity contribution is 0.0550. The summed E-state index contributed by atoms with van der Waals surface area (Å²) in [6.07, 6.45) is 2.00. The molecule has 0 aliphatic heterocycles. The van der Waals surface area contributed by atoms with Crippen molar-refractivity contribution < 1.29 is 10.2 Å². The molecule has 1 saturated carbocycles. The highest BCUT2D eigenvalue weighted by Gasteiger charge is 2.34. The van der Waals surface area contributed by atoms with E-state index in [-0.39, 0.29) is 18.6 Å². The van der Waals surface area contributed by atoms with E-state index in [2.05, 4.69) is 6.92 Å². The van der Waals surface area contributed by atoms with E-state index in [0.29, 0.717) is 11.8 Å². The Labute approximate surface area is 68.2 Å². The van der Waals surface area contributed by atoms with Crippen LogP contribution in [0, 0.1) is 17.8 Å². The van der Waals surface area contributed by atoms with Crippen molar-refractivity contribution in [2.75, 3.05) is 6.61 Å². The van der Waals surface area contributed by atoms with E-state index in [1.165, 1.54) is 0 Å². The first-order chi connectivity index (χ1) is 5.16. The van der Waals surface area contributed by atoms with Crippen molar-refractivity contribution in [3.8, 4) is 0 Å². The van der Waals surface area contributed by atoms with Crippen LogP contribution in [0.5, 0.6) is 0 Å². The molecule has 2 heteroatoms. The SMILES string of the molecule is CC1CCC(C(C)CO)C1O. The molecular weight excluding hydrogens is 140 g/mol. The maximum Gasteiger partial charge on any atom is 0.0597 e. The molecule has 1 rings (SSSR count). The van der Waals surface area contributed by atoms with Gasteiger partial charge in [-0.15, -0.1) is 0 Å². The summed E-state index contributed by atoms with van der Waals surface area (Å²) in [6.45, 7) is 4.29. The van der Waals surface area contributed by atoms with E-state index in [9.17, 15) is 5.11 Å². The van der Waals surface area contributed by atoms with E-state index in [1.807, 2.05) is 6.92 Å². The molecule has 1 fully saturated rings. The third-order valence-corrected chi connectivity index (χ3v) is 3.00. The molecule has 0 radical (unpaired) electrons. The van der Waals surface area contributed by atoms with Crippen molar-refractivity contribution in [1.82, 2.24) is 0 Å². The molecule has 0 aromatic heterocycles. The molecule has 2 nitrogen and oxygen atoms in total. The summed E-state index contributed by atoms with van der Waals surface area (Å²) in [5, 5.41) is 18.5. The van der Waals surface area contributed by atoms with E-state index in [4.69, 9.17) is 5.11 Å². The molecule has 0 saturated heterocycles. The van der Waals surface area contributed by atoms with Crippen LogP contribution in [-0.4, -0.2) is 22.9 Å². The summed E-state index contributed by atoms with van der Waals surface area (Å²) in [5.41, 5.74) is 0. The highest BCUT2D eigenvalue weighted by molar-refractivity contribution is 4.84. The Hall–Kier alpha value is -0.0800. The Balaban J connectivity index is 2.47. The second-order valence-electron chi connectivity index (χ2n) is 3.87. The van der Waals surface area contributed by atoms with Crippen LogP contribution in [0.25, 0.3) is 0 Å². The predicted molar refractivity (Wildman–Crippen MR) is 44.1 cm³/mol. The third kappa shape index (κ3) is 1.74. The van der Waals surface area contributed by atoms with Crippen LogP contribution in [0.15, 0.2) is 0 Å². The highest BCUT2D eigenvalue weighted by atomic mass is 16.3. The van der Waals surface area contributed by atoms with Crippen molar-refractivity contribution in [1.29, 1.82) is 0 Å². The smallest absolute Gasteiger partial charge is 0.0597 e. The summed E-state index contributed by atoms with van der Waals surface area (Å²) in [4.78, 5) is 0. The van der Waals surface area contributed by atoms with Gasteiger partial charge in [-0.3, -0.25) is 0 Å². The largest absolute Gasteiger partial charge is 0.396 e. The first-order valence-electron chi connectivity index (χ1n) is 4.45. The molecule has 66 valence electrons. The molecular formula is C9H18O2. The van der Waals surface area contributed by atoms with Crippen LogP contribution in [0.1, 0.15) is 26.7 Å². The molecule has 4 unspecified atom stereocenters. The Morgan fingerprint density at radius 3 is 2.45 bits per heavy atom. The van der Waals surface area contributed by atoms with E-state index in [1.54, 1.807) is 0 Å². The van der Waals surface area contributed by atoms with E-state index >= 15 is 0 Å². The van der Waals surface area contributed by atoms with Gasteiger partial charge in [0.15, 0.2) is 0 Å². The quantitative estimate of drug-likeness (QED) is 0.630. The van der Waals surface area contributed by atoms with Crippen molar-refractivity contribution >= 4 is 0 Å². The van der Waals surface area contributed by atoms with Crippen LogP contribution < -0.4 is 0 Å². The maximum absolute atomic E-state index is 9.65. The first-order valence-corrected chi connectivity index (χ1v) is 4.45. The molecule has 2 N–H and O–H groups in total. The van der Waals surface area contributed by atoms with Gasteiger partial charge in [-0.05, 0) is 30.6 Å². The fourth-order valence-electron chi connectivity index (χ4n) is 1.98. The highest BCUT2D eigenvalue weighted by Crippen LogP contribution is 2.35. The first kappa shape index (κ1) is 9.01. The van der Waals surface area contributed by atoms with Crippen molar-refractivity contribution in [2.24, 2.45) is 17.8 Å². The molecule has 0 aromatic carbocycles. The molecule has 0 heterocycles. The molecule has 1 aliphatic carbocycles. The Kier molecular flexibility index (Phi) is 2.90. The van der Waals surface area contributed by atoms with Gasteiger partial charge in [0, 0.05) is 6.61 Å². The molecule has 0 amide bonds. The summed E-state index contributed by atoms with van der Waals surface area (Å²) in [5.74, 6) is 1.01. The Bertz CT molecular complexity index is 125. The Morgan fingerprint density at radius 1 is 1.45 bits per heavy atom. The third-order valence-electron chi connectivity index (χ3n) is 3.00. The molecule has 4 atom stereocenters. The summed E-state index contributed by atoms with van der Waals surface area (Å²) in [7, 11) is 0. The Morgan fingerprint density at radius 2 is 2.09 bits per heavy atom. The minimum absolute atomic E-state index is 0.183. The van der Waals surface area contributed by atoms with Gasteiger partial charge in [0.2, 0.25) is 0 Å². The van der Waals surface area contributed by atoms with Gasteiger partial charge in [0.05, 0.1) is 6.10 Å². The normalized spacial score (nSPS) is 40.9. The zero-order valence-corrected chi connectivity index (χ0v) is 7.33. The summed E-state index contributed by atoms with van der Waals surface area (Å²) in [6, 6.07) is 0. The van der Waals surface area contributed by atoms with Crippen LogP contribution in [0.3, 0.4) is 0 Å². The number of hydrogen-bond donors (Lipinski definition) is 2. The van der Waals surface area contributed by atoms with Gasteiger partial charge < -0.3 is 10.2 Å². The zero-order chi connectivity index (χ0) is 8.43. The minimum atomic E-state index is -0.183. The second kappa shape index (κ2) is 3.55. The molecule has 1 aliphatic rings. The van der Waals surface area contributed by atoms with Crippen LogP contribution >= 0.6 is 0 Å². The average Bonchev–Trinajstić information content (AvgIpc) is 2.32. The van der Waals surface area contributed by atoms with Gasteiger partial charge in [-0.1, -0.05) is 13.8 Å². The van der Waals surface area contributed by atoms with Crippen LogP contribution in [0.2, 0.25) is 0 Å². The fraction of sp³-hybridized carbons (Fsp3) is 1.00. The number of rotatable bonds is 2. The van der Waals surface area contributed by atoms with Gasteiger partial charge >= 0.3 is 0 Å². The van der Waals surface area contributed by atoms with Gasteiger partial charge in [-0.2, -0.15) is 0 Å². The van der Waals surface area contributed by atoms with Crippen molar-refractivity contribution in [3.05, 3.63) is 0 Å². The lowest BCUT2D eigenvalue weighted by Crippen LogP contribution is -2.26. The second-order valence-corrected chi connectivity index (χ2v) is 3.87. The van der Waals surface area contributed by atoms with Gasteiger partial charge in [-0.25, -0.2) is 0 Å². The molecule has 11 heavy (non-hydrogen) atoms. The zero-order valence-electron chi connectivity index (χ0n) is 7.33. The van der Waals surface area contributed by atoms with Crippen molar-refractivity contribution in [3.63, 3.8) is 0 Å². The van der Waals surface area contributed by atoms with E-state index in [0.717, 1.165) is 12.8 Å². The summed E-state index contributed by atoms with van der Waals surface area (Å²) < 4.78 is 0.